The van der Waals surface area contributed by atoms with Crippen molar-refractivity contribution in [3.8, 4) is 5.75 Å². The van der Waals surface area contributed by atoms with Crippen LogP contribution in [0.25, 0.3) is 11.6 Å². The molecular formula is C37H34F7NO5. The maximum atomic E-state index is 14.1. The minimum Gasteiger partial charge on any atom is -0.505 e. The van der Waals surface area contributed by atoms with Gasteiger partial charge in [0.2, 0.25) is 11.8 Å². The predicted molar refractivity (Wildman–Crippen MR) is 171 cm³/mol. The van der Waals surface area contributed by atoms with Crippen LogP contribution >= 0.6 is 0 Å². The number of aliphatic hydroxyl groups is 2. The van der Waals surface area contributed by atoms with E-state index in [1.165, 1.54) is 12.1 Å². The second-order valence-electron chi connectivity index (χ2n) is 12.5. The molecule has 3 N–H and O–H groups in total. The Morgan fingerprint density at radius 3 is 2.14 bits per heavy atom. The fourth-order valence-electron chi connectivity index (χ4n) is 7.03. The van der Waals surface area contributed by atoms with Gasteiger partial charge in [0.15, 0.2) is 11.6 Å². The third kappa shape index (κ3) is 7.48. The van der Waals surface area contributed by atoms with E-state index in [2.05, 4.69) is 0 Å². The number of nitrogens with zero attached hydrogens (tertiary/aromatic N) is 1. The Labute approximate surface area is 283 Å². The van der Waals surface area contributed by atoms with Crippen molar-refractivity contribution < 1.29 is 55.6 Å². The van der Waals surface area contributed by atoms with E-state index in [1.54, 1.807) is 24.3 Å². The van der Waals surface area contributed by atoms with Gasteiger partial charge in [0.1, 0.15) is 0 Å². The number of hydrogen-bond donors (Lipinski definition) is 3. The van der Waals surface area contributed by atoms with Gasteiger partial charge in [-0.15, -0.1) is 0 Å². The molecule has 5 rings (SSSR count). The summed E-state index contributed by atoms with van der Waals surface area (Å²) in [7, 11) is 0. The van der Waals surface area contributed by atoms with Crippen molar-refractivity contribution in [3.05, 3.63) is 106 Å². The van der Waals surface area contributed by atoms with Crippen LogP contribution in [0.15, 0.2) is 77.9 Å². The maximum absolute atomic E-state index is 14.1. The van der Waals surface area contributed by atoms with Crippen LogP contribution in [0, 0.1) is 23.6 Å². The molecule has 0 bridgehead atoms. The number of halogens is 7. The number of aliphatic hydroxyl groups excluding tert-OH is 2. The van der Waals surface area contributed by atoms with Crippen LogP contribution in [-0.4, -0.2) is 39.8 Å². The summed E-state index contributed by atoms with van der Waals surface area (Å²) in [6, 6.07) is 13.4. The molecule has 1 heterocycles. The highest BCUT2D eigenvalue weighted by Gasteiger charge is 2.55. The van der Waals surface area contributed by atoms with E-state index in [1.807, 2.05) is 19.1 Å². The number of benzene rings is 3. The summed E-state index contributed by atoms with van der Waals surface area (Å²) in [4.78, 5) is 27.9. The van der Waals surface area contributed by atoms with Gasteiger partial charge in [-0.2, -0.15) is 26.3 Å². The lowest BCUT2D eigenvalue weighted by Gasteiger charge is -2.36. The van der Waals surface area contributed by atoms with Crippen LogP contribution in [0.1, 0.15) is 61.3 Å². The number of phenolic OH excluding ortho intramolecular Hbond substituents is 1. The SMILES string of the molecule is CCCC1=C([C@H](O)CC/C(=C/c2ccc(O)c(F)c2)c2ccccc2)[C@H](CO)[C@@H]2C(=O)N(c3cc(C(F)(F)F)cc(C(F)(F)F)c3)C(=O)[C@@H]2C1. The molecule has 50 heavy (non-hydrogen) atoms. The zero-order valence-electron chi connectivity index (χ0n) is 26.7. The summed E-state index contributed by atoms with van der Waals surface area (Å²) < 4.78 is 96.0. The average molecular weight is 706 g/mol. The summed E-state index contributed by atoms with van der Waals surface area (Å²) in [5.74, 6) is -7.06. The van der Waals surface area contributed by atoms with Crippen molar-refractivity contribution in [1.29, 1.82) is 0 Å². The fraction of sp³-hybridized carbons (Fsp3) is 0.351. The van der Waals surface area contributed by atoms with E-state index in [0.29, 0.717) is 52.2 Å². The van der Waals surface area contributed by atoms with Crippen molar-refractivity contribution in [2.24, 2.45) is 17.8 Å². The zero-order valence-corrected chi connectivity index (χ0v) is 26.7. The lowest BCUT2D eigenvalue weighted by Crippen LogP contribution is -2.39. The number of imide groups is 1. The molecule has 0 saturated carbocycles. The van der Waals surface area contributed by atoms with Gasteiger partial charge >= 0.3 is 12.4 Å². The molecule has 1 aliphatic carbocycles. The second-order valence-corrected chi connectivity index (χ2v) is 12.5. The molecule has 1 fully saturated rings. The number of aromatic hydroxyl groups is 1. The molecule has 2 aliphatic rings. The molecule has 4 atom stereocenters. The number of phenols is 1. The van der Waals surface area contributed by atoms with Crippen molar-refractivity contribution in [2.75, 3.05) is 11.5 Å². The minimum atomic E-state index is -5.21. The van der Waals surface area contributed by atoms with E-state index < -0.39 is 83.0 Å². The minimum absolute atomic E-state index is 0.0478. The Kier molecular flexibility index (Phi) is 10.6. The lowest BCUT2D eigenvalue weighted by atomic mass is 9.67. The largest absolute Gasteiger partial charge is 0.505 e. The number of carbonyl (C=O) groups is 2. The van der Waals surface area contributed by atoms with E-state index in [9.17, 15) is 55.6 Å². The molecule has 6 nitrogen and oxygen atoms in total. The molecule has 0 spiro atoms. The standard InChI is InChI=1S/C37H34F7NO5/c1-2-6-23-15-27-33(35(50)45(34(27)49)26-17-24(36(39,40)41)16-25(18-26)37(42,43)44)28(19-46)32(23)31(48)12-10-22(21-7-4-3-5-8-21)13-20-9-11-30(47)29(38)14-20/h3-5,7-9,11,13-14,16-18,27-28,31,33,46-48H,2,6,10,12,15,19H2,1H3/b22-13-/t27-,28+,31-,33-/m1/s1. The topological polar surface area (TPSA) is 98.1 Å². The van der Waals surface area contributed by atoms with Crippen LogP contribution in [0.5, 0.6) is 5.75 Å². The van der Waals surface area contributed by atoms with E-state index in [0.717, 1.165) is 11.6 Å². The molecule has 2 amide bonds. The lowest BCUT2D eigenvalue weighted by molar-refractivity contribution is -0.143. The summed E-state index contributed by atoms with van der Waals surface area (Å²) in [5, 5.41) is 31.9. The number of allylic oxidation sites excluding steroid dienone is 2. The Hall–Kier alpha value is -4.49. The molecule has 3 aromatic carbocycles. The van der Waals surface area contributed by atoms with Crippen molar-refractivity contribution in [1.82, 2.24) is 0 Å². The van der Waals surface area contributed by atoms with Crippen LogP contribution in [-0.2, 0) is 21.9 Å². The third-order valence-electron chi connectivity index (χ3n) is 9.27. The summed E-state index contributed by atoms with van der Waals surface area (Å²) in [6.07, 6.45) is -8.92. The second kappa shape index (κ2) is 14.4. The number of rotatable bonds is 10. The Balaban J connectivity index is 1.49. The molecule has 13 heteroatoms. The van der Waals surface area contributed by atoms with Gasteiger partial charge in [0, 0.05) is 5.92 Å². The van der Waals surface area contributed by atoms with Gasteiger partial charge in [-0.05, 0) is 78.3 Å². The van der Waals surface area contributed by atoms with E-state index in [4.69, 9.17) is 0 Å². The molecule has 3 aromatic rings. The zero-order chi connectivity index (χ0) is 36.5. The molecule has 1 aliphatic heterocycles. The van der Waals surface area contributed by atoms with Crippen molar-refractivity contribution in [3.63, 3.8) is 0 Å². The summed E-state index contributed by atoms with van der Waals surface area (Å²) in [5.41, 5.74) is -1.49. The van der Waals surface area contributed by atoms with Crippen LogP contribution in [0.4, 0.5) is 36.4 Å². The normalized spacial score (nSPS) is 20.8. The van der Waals surface area contributed by atoms with Crippen LogP contribution in [0.2, 0.25) is 0 Å². The number of fused-ring (bicyclic) bond motifs is 1. The Morgan fingerprint density at radius 1 is 0.940 bits per heavy atom. The summed E-state index contributed by atoms with van der Waals surface area (Å²) >= 11 is 0. The van der Waals surface area contributed by atoms with Gasteiger partial charge in [-0.3, -0.25) is 9.59 Å². The van der Waals surface area contributed by atoms with Crippen LogP contribution < -0.4 is 4.90 Å². The first-order valence-electron chi connectivity index (χ1n) is 16.0. The molecule has 0 aromatic heterocycles. The first-order valence-corrected chi connectivity index (χ1v) is 16.0. The number of hydrogen-bond acceptors (Lipinski definition) is 5. The maximum Gasteiger partial charge on any atom is 0.416 e. The summed E-state index contributed by atoms with van der Waals surface area (Å²) in [6.45, 7) is 1.11. The van der Waals surface area contributed by atoms with Gasteiger partial charge < -0.3 is 15.3 Å². The monoisotopic (exact) mass is 705 g/mol. The highest BCUT2D eigenvalue weighted by Crippen LogP contribution is 2.49. The van der Waals surface area contributed by atoms with Gasteiger partial charge in [-0.25, -0.2) is 9.29 Å². The number of amides is 2. The van der Waals surface area contributed by atoms with Crippen LogP contribution in [0.3, 0.4) is 0 Å². The molecule has 266 valence electrons. The third-order valence-corrected chi connectivity index (χ3v) is 9.27. The highest BCUT2D eigenvalue weighted by molar-refractivity contribution is 6.22. The number of anilines is 1. The van der Waals surface area contributed by atoms with Crippen molar-refractivity contribution >= 4 is 29.2 Å². The molecule has 0 radical (unpaired) electrons. The molecular weight excluding hydrogens is 671 g/mol. The number of alkyl halides is 6. The quantitative estimate of drug-likeness (QED) is 0.0856. The van der Waals surface area contributed by atoms with Gasteiger partial charge in [0.05, 0.1) is 41.4 Å². The van der Waals surface area contributed by atoms with Gasteiger partial charge in [-0.1, -0.05) is 61.4 Å². The first-order chi connectivity index (χ1) is 23.5. The van der Waals surface area contributed by atoms with E-state index >= 15 is 0 Å². The van der Waals surface area contributed by atoms with Crippen molar-refractivity contribution in [2.45, 2.75) is 57.5 Å². The fourth-order valence-corrected chi connectivity index (χ4v) is 7.03. The molecule has 1 saturated heterocycles. The molecule has 0 unspecified atom stereocenters. The Bertz CT molecular complexity index is 1780. The van der Waals surface area contributed by atoms with E-state index in [-0.39, 0.29) is 25.3 Å². The Morgan fingerprint density at radius 2 is 1.58 bits per heavy atom. The highest BCUT2D eigenvalue weighted by atomic mass is 19.4. The smallest absolute Gasteiger partial charge is 0.416 e. The first kappa shape index (κ1) is 36.8. The average Bonchev–Trinajstić information content (AvgIpc) is 3.31. The predicted octanol–water partition coefficient (Wildman–Crippen LogP) is 8.17. The van der Waals surface area contributed by atoms with Gasteiger partial charge in [0.25, 0.3) is 0 Å². The number of carbonyl (C=O) groups excluding carboxylic acids is 2.